The molecule has 1 aliphatic carbocycles. The maximum atomic E-state index is 6.23. The predicted octanol–water partition coefficient (Wildman–Crippen LogP) is 12.7. The van der Waals surface area contributed by atoms with Gasteiger partial charge in [-0.05, 0) is 98.1 Å². The van der Waals surface area contributed by atoms with E-state index in [1.807, 2.05) is 0 Å². The molecule has 1 heterocycles. The molecule has 52 heavy (non-hydrogen) atoms. The summed E-state index contributed by atoms with van der Waals surface area (Å²) in [6.07, 6.45) is 0. The van der Waals surface area contributed by atoms with E-state index >= 15 is 0 Å². The molecular weight excluding hydrogens is 631 g/mol. The van der Waals surface area contributed by atoms with Gasteiger partial charge in [0.15, 0.2) is 0 Å². The lowest BCUT2D eigenvalue weighted by atomic mass is 9.68. The van der Waals surface area contributed by atoms with Crippen LogP contribution in [0.5, 0.6) is 5.75 Å². The number of nitrogens with zero attached hydrogens (tertiary/aromatic N) is 1. The Morgan fingerprint density at radius 3 is 1.56 bits per heavy atom. The predicted molar refractivity (Wildman–Crippen MR) is 214 cm³/mol. The van der Waals surface area contributed by atoms with Crippen molar-refractivity contribution in [3.8, 4) is 39.1 Å². The van der Waals surface area contributed by atoms with Crippen LogP contribution in [0, 0.1) is 0 Å². The van der Waals surface area contributed by atoms with Crippen molar-refractivity contribution in [3.63, 3.8) is 0 Å². The molecule has 0 saturated heterocycles. The largest absolute Gasteiger partial charge is 0.488 e. The monoisotopic (exact) mass is 665 g/mol. The molecule has 0 saturated carbocycles. The Kier molecular flexibility index (Phi) is 7.14. The van der Waals surface area contributed by atoms with E-state index in [0.29, 0.717) is 6.61 Å². The molecule has 2 heteroatoms. The molecule has 1 aliphatic heterocycles. The molecule has 0 bridgehead atoms. The van der Waals surface area contributed by atoms with Crippen LogP contribution in [-0.2, 0) is 12.0 Å². The van der Waals surface area contributed by atoms with Crippen LogP contribution in [0.1, 0.15) is 27.8 Å². The lowest BCUT2D eigenvalue weighted by molar-refractivity contribution is 0.302. The molecule has 2 nitrogen and oxygen atoms in total. The lowest BCUT2D eigenvalue weighted by Crippen LogP contribution is -2.28. The second kappa shape index (κ2) is 12.3. The summed E-state index contributed by atoms with van der Waals surface area (Å²) in [6, 6.07) is 72.7. The minimum atomic E-state index is -0.442. The van der Waals surface area contributed by atoms with Crippen molar-refractivity contribution in [2.24, 2.45) is 0 Å². The number of hydrogen-bond donors (Lipinski definition) is 0. The summed E-state index contributed by atoms with van der Waals surface area (Å²) in [5.74, 6) is 0.917. The molecule has 8 aromatic carbocycles. The molecule has 0 fully saturated rings. The zero-order valence-corrected chi connectivity index (χ0v) is 28.6. The molecule has 8 aromatic rings. The summed E-state index contributed by atoms with van der Waals surface area (Å²) < 4.78 is 6.23. The van der Waals surface area contributed by atoms with Crippen molar-refractivity contribution >= 4 is 17.1 Å². The number of ether oxygens (including phenoxy) is 1. The highest BCUT2D eigenvalue weighted by Crippen LogP contribution is 2.56. The molecule has 0 aromatic heterocycles. The Balaban J connectivity index is 1.14. The van der Waals surface area contributed by atoms with Gasteiger partial charge in [-0.25, -0.2) is 0 Å². The van der Waals surface area contributed by atoms with Crippen LogP contribution in [0.25, 0.3) is 33.4 Å². The Bertz CT molecular complexity index is 2510. The fraction of sp³-hybridized carbons (Fsp3) is 0.0400. The zero-order valence-electron chi connectivity index (χ0n) is 28.6. The van der Waals surface area contributed by atoms with Gasteiger partial charge in [-0.1, -0.05) is 158 Å². The Hall–Kier alpha value is -6.64. The molecule has 0 amide bonds. The van der Waals surface area contributed by atoms with E-state index < -0.39 is 5.41 Å². The van der Waals surface area contributed by atoms with Crippen LogP contribution in [0.3, 0.4) is 0 Å². The molecule has 10 rings (SSSR count). The normalized spacial score (nSPS) is 13.2. The van der Waals surface area contributed by atoms with E-state index in [0.717, 1.165) is 28.4 Å². The molecule has 0 radical (unpaired) electrons. The van der Waals surface area contributed by atoms with E-state index in [9.17, 15) is 0 Å². The Morgan fingerprint density at radius 2 is 0.885 bits per heavy atom. The highest BCUT2D eigenvalue weighted by molar-refractivity contribution is 5.88. The van der Waals surface area contributed by atoms with Crippen molar-refractivity contribution < 1.29 is 4.74 Å². The molecule has 2 aliphatic rings. The molecule has 0 atom stereocenters. The number of fused-ring (bicyclic) bond motifs is 6. The van der Waals surface area contributed by atoms with E-state index in [1.165, 1.54) is 55.6 Å². The van der Waals surface area contributed by atoms with Crippen molar-refractivity contribution in [1.82, 2.24) is 0 Å². The van der Waals surface area contributed by atoms with Crippen molar-refractivity contribution in [1.29, 1.82) is 0 Å². The number of benzene rings is 8. The summed E-state index contributed by atoms with van der Waals surface area (Å²) in [5.41, 5.74) is 16.5. The average Bonchev–Trinajstić information content (AvgIpc) is 3.53. The SMILES string of the molecule is c1ccc(-c2ccc(N(c3ccc(C4(c5ccccc5)c5ccccc5-c5ccccc54)cc3)c3ccc4c(c3)-c3ccccc3CO4)cc2)cc1. The van der Waals surface area contributed by atoms with Crippen LogP contribution < -0.4 is 9.64 Å². The molecule has 0 spiro atoms. The summed E-state index contributed by atoms with van der Waals surface area (Å²) in [6.45, 7) is 0.587. The number of hydrogen-bond acceptors (Lipinski definition) is 2. The highest BCUT2D eigenvalue weighted by Gasteiger charge is 2.45. The Morgan fingerprint density at radius 1 is 0.385 bits per heavy atom. The van der Waals surface area contributed by atoms with Crippen molar-refractivity contribution in [3.05, 3.63) is 228 Å². The van der Waals surface area contributed by atoms with Crippen LogP contribution in [-0.4, -0.2) is 0 Å². The second-order valence-electron chi connectivity index (χ2n) is 13.6. The van der Waals surface area contributed by atoms with Gasteiger partial charge in [0.25, 0.3) is 0 Å². The van der Waals surface area contributed by atoms with Crippen molar-refractivity contribution in [2.75, 3.05) is 4.90 Å². The van der Waals surface area contributed by atoms with Gasteiger partial charge in [0, 0.05) is 22.6 Å². The quantitative estimate of drug-likeness (QED) is 0.175. The van der Waals surface area contributed by atoms with Gasteiger partial charge >= 0.3 is 0 Å². The first-order valence-electron chi connectivity index (χ1n) is 18.0. The summed E-state index contributed by atoms with van der Waals surface area (Å²) in [7, 11) is 0. The fourth-order valence-electron chi connectivity index (χ4n) is 8.51. The summed E-state index contributed by atoms with van der Waals surface area (Å²) in [5, 5.41) is 0. The van der Waals surface area contributed by atoms with Crippen LogP contribution in [0.4, 0.5) is 17.1 Å². The molecular formula is C50H35NO. The maximum absolute atomic E-state index is 6.23. The minimum Gasteiger partial charge on any atom is -0.488 e. The van der Waals surface area contributed by atoms with Gasteiger partial charge in [-0.15, -0.1) is 0 Å². The van der Waals surface area contributed by atoms with E-state index in [-0.39, 0.29) is 0 Å². The van der Waals surface area contributed by atoms with Gasteiger partial charge in [-0.3, -0.25) is 0 Å². The third-order valence-corrected chi connectivity index (χ3v) is 10.9. The first kappa shape index (κ1) is 30.2. The van der Waals surface area contributed by atoms with Gasteiger partial charge < -0.3 is 9.64 Å². The standard InChI is InChI=1S/C50H35NO/c1-3-13-35(14-4-1)36-23-27-40(28-24-36)51(42-31-32-49-46(33-42)43-18-8-7-15-37(43)34-52-49)41-29-25-39(26-30-41)50(38-16-5-2-6-17-38)47-21-11-9-19-44(47)45-20-10-12-22-48(45)50/h1-33H,34H2. The lowest BCUT2D eigenvalue weighted by Gasteiger charge is -2.34. The first-order chi connectivity index (χ1) is 25.8. The van der Waals surface area contributed by atoms with Gasteiger partial charge in [0.2, 0.25) is 0 Å². The Labute approximate surface area is 304 Å². The first-order valence-corrected chi connectivity index (χ1v) is 18.0. The van der Waals surface area contributed by atoms with Crippen LogP contribution >= 0.6 is 0 Å². The van der Waals surface area contributed by atoms with Crippen LogP contribution in [0.2, 0.25) is 0 Å². The van der Waals surface area contributed by atoms with E-state index in [1.54, 1.807) is 0 Å². The second-order valence-corrected chi connectivity index (χ2v) is 13.6. The number of anilines is 3. The van der Waals surface area contributed by atoms with Gasteiger partial charge in [-0.2, -0.15) is 0 Å². The summed E-state index contributed by atoms with van der Waals surface area (Å²) in [4.78, 5) is 2.36. The zero-order chi connectivity index (χ0) is 34.5. The van der Waals surface area contributed by atoms with Crippen LogP contribution in [0.15, 0.2) is 200 Å². The van der Waals surface area contributed by atoms with E-state index in [2.05, 4.69) is 205 Å². The third kappa shape index (κ3) is 4.72. The minimum absolute atomic E-state index is 0.442. The fourth-order valence-corrected chi connectivity index (χ4v) is 8.51. The molecule has 0 N–H and O–H groups in total. The van der Waals surface area contributed by atoms with Gasteiger partial charge in [0.1, 0.15) is 12.4 Å². The van der Waals surface area contributed by atoms with Gasteiger partial charge in [0.05, 0.1) is 5.41 Å². The molecule has 246 valence electrons. The van der Waals surface area contributed by atoms with Crippen molar-refractivity contribution in [2.45, 2.75) is 12.0 Å². The average molecular weight is 666 g/mol. The third-order valence-electron chi connectivity index (χ3n) is 10.9. The summed E-state index contributed by atoms with van der Waals surface area (Å²) >= 11 is 0. The van der Waals surface area contributed by atoms with E-state index in [4.69, 9.17) is 4.74 Å². The topological polar surface area (TPSA) is 12.5 Å². The smallest absolute Gasteiger partial charge is 0.127 e. The highest BCUT2D eigenvalue weighted by atomic mass is 16.5. The number of rotatable bonds is 6. The maximum Gasteiger partial charge on any atom is 0.127 e. The molecule has 0 unspecified atom stereocenters.